The zero-order valence-electron chi connectivity index (χ0n) is 15.4. The number of benzene rings is 2. The van der Waals surface area contributed by atoms with Crippen molar-refractivity contribution in [1.82, 2.24) is 5.32 Å². The first-order valence-electron chi connectivity index (χ1n) is 9.21. The molecule has 0 bridgehead atoms. The first-order chi connectivity index (χ1) is 13.0. The second-order valence-corrected chi connectivity index (χ2v) is 9.06. The largest absolute Gasteiger partial charge is 0.350 e. The molecule has 0 saturated heterocycles. The van der Waals surface area contributed by atoms with Crippen LogP contribution in [-0.2, 0) is 16.4 Å². The Hall–Kier alpha value is -2.09. The summed E-state index contributed by atoms with van der Waals surface area (Å²) in [5, 5.41) is 2.81. The topological polar surface area (TPSA) is 92.5 Å². The van der Waals surface area contributed by atoms with Crippen LogP contribution in [0.2, 0.25) is 0 Å². The van der Waals surface area contributed by atoms with Crippen molar-refractivity contribution in [2.75, 3.05) is 17.4 Å². The smallest absolute Gasteiger partial charge is 0.264 e. The van der Waals surface area contributed by atoms with Crippen molar-refractivity contribution in [1.29, 1.82) is 0 Å². The average molecular weight is 422 g/mol. The summed E-state index contributed by atoms with van der Waals surface area (Å²) in [6.45, 7) is 0.814. The van der Waals surface area contributed by atoms with E-state index in [9.17, 15) is 13.2 Å². The van der Waals surface area contributed by atoms with Crippen LogP contribution in [0, 0.1) is 5.92 Å². The van der Waals surface area contributed by atoms with Crippen LogP contribution >= 0.6 is 12.4 Å². The molecule has 2 aromatic rings. The maximum absolute atomic E-state index is 13.1. The monoisotopic (exact) mass is 421 g/mol. The van der Waals surface area contributed by atoms with Crippen molar-refractivity contribution in [3.05, 3.63) is 59.7 Å². The van der Waals surface area contributed by atoms with Crippen LogP contribution in [0.25, 0.3) is 0 Å². The molecule has 3 N–H and O–H groups in total. The minimum atomic E-state index is -3.71. The number of nitrogens with one attached hydrogen (secondary N) is 1. The molecule has 1 amide bonds. The van der Waals surface area contributed by atoms with E-state index in [0.29, 0.717) is 36.7 Å². The highest BCUT2D eigenvalue weighted by Gasteiger charge is 2.31. The van der Waals surface area contributed by atoms with E-state index in [-0.39, 0.29) is 29.3 Å². The summed E-state index contributed by atoms with van der Waals surface area (Å²) in [6.07, 6.45) is 2.92. The van der Waals surface area contributed by atoms with Gasteiger partial charge >= 0.3 is 0 Å². The van der Waals surface area contributed by atoms with E-state index in [1.165, 1.54) is 16.4 Å². The molecule has 8 heteroatoms. The number of halogens is 1. The maximum Gasteiger partial charge on any atom is 0.264 e. The van der Waals surface area contributed by atoms with Crippen LogP contribution in [0.5, 0.6) is 0 Å². The van der Waals surface area contributed by atoms with Crippen LogP contribution in [0.3, 0.4) is 0 Å². The third-order valence-electron chi connectivity index (χ3n) is 5.25. The number of carbonyl (C=O) groups excluding carboxylic acids is 1. The van der Waals surface area contributed by atoms with Crippen molar-refractivity contribution < 1.29 is 13.2 Å². The normalized spacial score (nSPS) is 16.8. The average Bonchev–Trinajstić information content (AvgIpc) is 3.44. The lowest BCUT2D eigenvalue weighted by atomic mass is 10.2. The van der Waals surface area contributed by atoms with Gasteiger partial charge in [-0.3, -0.25) is 9.10 Å². The van der Waals surface area contributed by atoms with E-state index in [1.54, 1.807) is 12.1 Å². The van der Waals surface area contributed by atoms with Gasteiger partial charge in [-0.2, -0.15) is 0 Å². The molecule has 150 valence electrons. The standard InChI is InChI=1S/C20H23N3O3S.ClH/c21-18(14-8-9-14)13-22-20(24)16-5-3-6-17(12-16)27(25,26)23-11-10-15-4-1-2-7-19(15)23;/h1-7,12,14,18H,8-11,13,21H2,(H,22,24);1H. The molecule has 28 heavy (non-hydrogen) atoms. The van der Waals surface area contributed by atoms with Crippen molar-refractivity contribution in [2.45, 2.75) is 30.2 Å². The fourth-order valence-corrected chi connectivity index (χ4v) is 5.04. The molecule has 1 saturated carbocycles. The number of nitrogens with zero attached hydrogens (tertiary/aromatic N) is 1. The van der Waals surface area contributed by atoms with Gasteiger partial charge in [-0.05, 0) is 55.0 Å². The van der Waals surface area contributed by atoms with Gasteiger partial charge in [0, 0.05) is 24.7 Å². The van der Waals surface area contributed by atoms with E-state index >= 15 is 0 Å². The summed E-state index contributed by atoms with van der Waals surface area (Å²) in [7, 11) is -3.71. The maximum atomic E-state index is 13.1. The molecule has 1 atom stereocenters. The molecule has 0 spiro atoms. The van der Waals surface area contributed by atoms with E-state index in [4.69, 9.17) is 5.73 Å². The fourth-order valence-electron chi connectivity index (χ4n) is 3.49. The Kier molecular flexibility index (Phi) is 5.98. The predicted molar refractivity (Wildman–Crippen MR) is 111 cm³/mol. The number of fused-ring (bicyclic) bond motifs is 1. The van der Waals surface area contributed by atoms with Crippen molar-refractivity contribution in [3.8, 4) is 0 Å². The first-order valence-corrected chi connectivity index (χ1v) is 10.7. The van der Waals surface area contributed by atoms with Gasteiger partial charge in [-0.15, -0.1) is 12.4 Å². The lowest BCUT2D eigenvalue weighted by molar-refractivity contribution is 0.0950. The number of nitrogens with two attached hydrogens (primary N) is 1. The molecule has 0 aromatic heterocycles. The van der Waals surface area contributed by atoms with Gasteiger partial charge in [-0.1, -0.05) is 24.3 Å². The third-order valence-corrected chi connectivity index (χ3v) is 7.06. The van der Waals surface area contributed by atoms with Crippen LogP contribution in [-0.4, -0.2) is 33.5 Å². The third kappa shape index (κ3) is 4.01. The van der Waals surface area contributed by atoms with Crippen LogP contribution in [0.1, 0.15) is 28.8 Å². The Morgan fingerprint density at radius 2 is 1.93 bits per heavy atom. The molecule has 0 radical (unpaired) electrons. The number of anilines is 1. The van der Waals surface area contributed by atoms with Crippen LogP contribution in [0.4, 0.5) is 5.69 Å². The fraction of sp³-hybridized carbons (Fsp3) is 0.350. The van der Waals surface area contributed by atoms with Gasteiger partial charge in [-0.25, -0.2) is 8.42 Å². The Morgan fingerprint density at radius 3 is 2.68 bits per heavy atom. The molecule has 4 rings (SSSR count). The number of carbonyl (C=O) groups is 1. The summed E-state index contributed by atoms with van der Waals surface area (Å²) >= 11 is 0. The molecule has 1 aliphatic carbocycles. The quantitative estimate of drug-likeness (QED) is 0.748. The Balaban J connectivity index is 0.00000225. The van der Waals surface area contributed by atoms with Gasteiger partial charge in [0.05, 0.1) is 10.6 Å². The lowest BCUT2D eigenvalue weighted by Gasteiger charge is -2.20. The highest BCUT2D eigenvalue weighted by atomic mass is 35.5. The van der Waals surface area contributed by atoms with Gasteiger partial charge in [0.25, 0.3) is 15.9 Å². The Labute approximate surface area is 171 Å². The van der Waals surface area contributed by atoms with Crippen LogP contribution < -0.4 is 15.4 Å². The van der Waals surface area contributed by atoms with E-state index in [0.717, 1.165) is 18.4 Å². The first kappa shape index (κ1) is 20.6. The molecule has 1 fully saturated rings. The molecule has 1 aliphatic heterocycles. The van der Waals surface area contributed by atoms with Crippen molar-refractivity contribution in [3.63, 3.8) is 0 Å². The Bertz CT molecular complexity index is 976. The second-order valence-electron chi connectivity index (χ2n) is 7.20. The molecule has 2 aliphatic rings. The highest BCUT2D eigenvalue weighted by Crippen LogP contribution is 2.33. The number of para-hydroxylation sites is 1. The number of hydrogen-bond acceptors (Lipinski definition) is 4. The van der Waals surface area contributed by atoms with Gasteiger partial charge in [0.1, 0.15) is 0 Å². The minimum Gasteiger partial charge on any atom is -0.350 e. The van der Waals surface area contributed by atoms with Gasteiger partial charge in [0.2, 0.25) is 0 Å². The van der Waals surface area contributed by atoms with Crippen molar-refractivity contribution >= 4 is 34.0 Å². The zero-order valence-corrected chi connectivity index (χ0v) is 17.0. The summed E-state index contributed by atoms with van der Waals surface area (Å²) in [5.74, 6) is 0.192. The van der Waals surface area contributed by atoms with E-state index in [1.807, 2.05) is 24.3 Å². The summed E-state index contributed by atoms with van der Waals surface area (Å²) in [4.78, 5) is 12.5. The van der Waals surface area contributed by atoms with Gasteiger partial charge in [0.15, 0.2) is 0 Å². The number of hydrogen-bond donors (Lipinski definition) is 2. The number of amides is 1. The number of rotatable bonds is 6. The lowest BCUT2D eigenvalue weighted by Crippen LogP contribution is -2.38. The molecule has 1 unspecified atom stereocenters. The van der Waals surface area contributed by atoms with Gasteiger partial charge < -0.3 is 11.1 Å². The molecular weight excluding hydrogens is 398 g/mol. The molecule has 2 aromatic carbocycles. The predicted octanol–water partition coefficient (Wildman–Crippen LogP) is 2.33. The molecule has 1 heterocycles. The zero-order chi connectivity index (χ0) is 19.0. The van der Waals surface area contributed by atoms with Crippen molar-refractivity contribution in [2.24, 2.45) is 11.7 Å². The molecule has 6 nitrogen and oxygen atoms in total. The van der Waals surface area contributed by atoms with Crippen LogP contribution in [0.15, 0.2) is 53.4 Å². The SMILES string of the molecule is Cl.NC(CNC(=O)c1cccc(S(=O)(=O)N2CCc3ccccc32)c1)C1CC1. The second kappa shape index (κ2) is 8.11. The highest BCUT2D eigenvalue weighted by molar-refractivity contribution is 7.92. The van der Waals surface area contributed by atoms with E-state index in [2.05, 4.69) is 5.32 Å². The van der Waals surface area contributed by atoms with E-state index < -0.39 is 10.0 Å². The summed E-state index contributed by atoms with van der Waals surface area (Å²) in [5.41, 5.74) is 8.07. The number of sulfonamides is 1. The minimum absolute atomic E-state index is 0. The Morgan fingerprint density at radius 1 is 1.18 bits per heavy atom. The summed E-state index contributed by atoms with van der Waals surface area (Å²) < 4.78 is 27.6. The summed E-state index contributed by atoms with van der Waals surface area (Å²) in [6, 6.07) is 13.7. The molecular formula is C20H24ClN3O3S.